The van der Waals surface area contributed by atoms with E-state index in [1.165, 1.54) is 50.2 Å². The summed E-state index contributed by atoms with van der Waals surface area (Å²) in [5.41, 5.74) is 0. The van der Waals surface area contributed by atoms with Gasteiger partial charge < -0.3 is 15.1 Å². The second-order valence-electron chi connectivity index (χ2n) is 6.24. The van der Waals surface area contributed by atoms with E-state index in [0.717, 1.165) is 32.0 Å². The number of aliphatic imine (C=N–C) groups is 1. The molecule has 1 saturated heterocycles. The Hall–Kier alpha value is -1.07. The van der Waals surface area contributed by atoms with Gasteiger partial charge in [0.15, 0.2) is 5.96 Å². The van der Waals surface area contributed by atoms with Gasteiger partial charge >= 0.3 is 0 Å². The number of guanidine groups is 1. The van der Waals surface area contributed by atoms with Gasteiger partial charge in [-0.1, -0.05) is 6.07 Å². The molecule has 4 nitrogen and oxygen atoms in total. The third-order valence-electron chi connectivity index (χ3n) is 4.31. The van der Waals surface area contributed by atoms with E-state index in [2.05, 4.69) is 46.6 Å². The molecule has 1 aliphatic rings. The van der Waals surface area contributed by atoms with Crippen molar-refractivity contribution in [1.29, 1.82) is 0 Å². The van der Waals surface area contributed by atoms with Crippen molar-refractivity contribution in [1.82, 2.24) is 15.1 Å². The fourth-order valence-corrected chi connectivity index (χ4v) is 3.64. The average Bonchev–Trinajstić information content (AvgIpc) is 3.24. The van der Waals surface area contributed by atoms with E-state index in [1.807, 2.05) is 11.3 Å². The maximum absolute atomic E-state index is 4.79. The number of nitrogens with one attached hydrogen (secondary N) is 1. The van der Waals surface area contributed by atoms with Crippen LogP contribution in [-0.2, 0) is 6.42 Å². The van der Waals surface area contributed by atoms with Crippen LogP contribution < -0.4 is 5.32 Å². The number of hydrogen-bond donors (Lipinski definition) is 1. The van der Waals surface area contributed by atoms with Crippen LogP contribution >= 0.6 is 11.3 Å². The minimum Gasteiger partial charge on any atom is -0.357 e. The molecule has 23 heavy (non-hydrogen) atoms. The van der Waals surface area contributed by atoms with E-state index < -0.39 is 0 Å². The quantitative estimate of drug-likeness (QED) is 0.427. The molecule has 2 heterocycles. The van der Waals surface area contributed by atoms with Crippen LogP contribution in [-0.4, -0.2) is 62.1 Å². The van der Waals surface area contributed by atoms with Crippen molar-refractivity contribution in [2.75, 3.05) is 46.3 Å². The van der Waals surface area contributed by atoms with Crippen molar-refractivity contribution in [3.05, 3.63) is 22.4 Å². The minimum absolute atomic E-state index is 0.927. The summed E-state index contributed by atoms with van der Waals surface area (Å²) in [6.45, 7) is 8.86. The number of likely N-dealkylation sites (tertiary alicyclic amines) is 1. The van der Waals surface area contributed by atoms with E-state index in [-0.39, 0.29) is 0 Å². The number of hydrogen-bond acceptors (Lipinski definition) is 3. The van der Waals surface area contributed by atoms with Crippen LogP contribution in [0.2, 0.25) is 0 Å². The lowest BCUT2D eigenvalue weighted by Gasteiger charge is -2.22. The monoisotopic (exact) mass is 336 g/mol. The molecule has 1 aromatic heterocycles. The summed E-state index contributed by atoms with van der Waals surface area (Å²) in [6, 6.07) is 4.33. The first-order valence-electron chi connectivity index (χ1n) is 9.03. The molecule has 5 heteroatoms. The van der Waals surface area contributed by atoms with Crippen molar-refractivity contribution in [3.63, 3.8) is 0 Å². The Labute approximate surface area is 145 Å². The second-order valence-corrected chi connectivity index (χ2v) is 7.27. The van der Waals surface area contributed by atoms with Crippen LogP contribution in [0.3, 0.4) is 0 Å². The van der Waals surface area contributed by atoms with Gasteiger partial charge in [0.1, 0.15) is 0 Å². The maximum atomic E-state index is 4.79. The summed E-state index contributed by atoms with van der Waals surface area (Å²) in [5, 5.41) is 5.56. The molecule has 0 aromatic carbocycles. The Morgan fingerprint density at radius 2 is 2.17 bits per heavy atom. The number of thiophene rings is 1. The Morgan fingerprint density at radius 1 is 1.35 bits per heavy atom. The number of nitrogens with zero attached hydrogens (tertiary/aromatic N) is 3. The SMILES string of the molecule is CCNC(=NCCCCN1CCCC1)N(C)CCc1cccs1. The Bertz CT molecular complexity index is 438. The molecule has 0 aliphatic carbocycles. The van der Waals surface area contributed by atoms with Crippen molar-refractivity contribution >= 4 is 17.3 Å². The first kappa shape index (κ1) is 18.3. The fraction of sp³-hybridized carbons (Fsp3) is 0.722. The highest BCUT2D eigenvalue weighted by atomic mass is 32.1. The average molecular weight is 337 g/mol. The third-order valence-corrected chi connectivity index (χ3v) is 5.25. The highest BCUT2D eigenvalue weighted by Crippen LogP contribution is 2.10. The Kier molecular flexibility index (Phi) is 8.47. The minimum atomic E-state index is 0.927. The van der Waals surface area contributed by atoms with E-state index in [4.69, 9.17) is 4.99 Å². The molecule has 0 amide bonds. The van der Waals surface area contributed by atoms with Crippen LogP contribution in [0.15, 0.2) is 22.5 Å². The van der Waals surface area contributed by atoms with Crippen molar-refractivity contribution in [3.8, 4) is 0 Å². The highest BCUT2D eigenvalue weighted by molar-refractivity contribution is 7.09. The summed E-state index contributed by atoms with van der Waals surface area (Å²) < 4.78 is 0. The first-order chi connectivity index (χ1) is 11.3. The first-order valence-corrected chi connectivity index (χ1v) is 9.91. The predicted octanol–water partition coefficient (Wildman–Crippen LogP) is 3.06. The highest BCUT2D eigenvalue weighted by Gasteiger charge is 2.10. The molecule has 0 atom stereocenters. The fourth-order valence-electron chi connectivity index (χ4n) is 2.95. The second kappa shape index (κ2) is 10.7. The summed E-state index contributed by atoms with van der Waals surface area (Å²) >= 11 is 1.83. The van der Waals surface area contributed by atoms with E-state index >= 15 is 0 Å². The molecule has 0 unspecified atom stereocenters. The summed E-state index contributed by atoms with van der Waals surface area (Å²) in [5.74, 6) is 1.05. The smallest absolute Gasteiger partial charge is 0.193 e. The third kappa shape index (κ3) is 6.92. The summed E-state index contributed by atoms with van der Waals surface area (Å²) in [4.78, 5) is 11.1. The maximum Gasteiger partial charge on any atom is 0.193 e. The molecular weight excluding hydrogens is 304 g/mol. The number of rotatable bonds is 9. The van der Waals surface area contributed by atoms with Crippen molar-refractivity contribution in [2.24, 2.45) is 4.99 Å². The molecule has 2 rings (SSSR count). The van der Waals surface area contributed by atoms with E-state index in [0.29, 0.717) is 0 Å². The predicted molar refractivity (Wildman–Crippen MR) is 102 cm³/mol. The van der Waals surface area contributed by atoms with Gasteiger partial charge in [0, 0.05) is 31.6 Å². The standard InChI is InChI=1S/C18H32N4S/c1-3-19-18(21(2)15-10-17-9-8-16-23-17)20-11-4-5-12-22-13-6-7-14-22/h8-9,16H,3-7,10-15H2,1-2H3,(H,19,20). The van der Waals surface area contributed by atoms with Gasteiger partial charge in [0.05, 0.1) is 0 Å². The zero-order valence-corrected chi connectivity index (χ0v) is 15.6. The Morgan fingerprint density at radius 3 is 2.87 bits per heavy atom. The van der Waals surface area contributed by atoms with Crippen molar-refractivity contribution < 1.29 is 0 Å². The lowest BCUT2D eigenvalue weighted by Crippen LogP contribution is -2.40. The van der Waals surface area contributed by atoms with Crippen LogP contribution in [0.5, 0.6) is 0 Å². The van der Waals surface area contributed by atoms with Gasteiger partial charge in [-0.2, -0.15) is 0 Å². The summed E-state index contributed by atoms with van der Waals surface area (Å²) in [7, 11) is 2.14. The van der Waals surface area contributed by atoms with Crippen LogP contribution in [0.4, 0.5) is 0 Å². The summed E-state index contributed by atoms with van der Waals surface area (Å²) in [6.07, 6.45) is 6.31. The molecule has 1 aliphatic heterocycles. The molecule has 1 aromatic rings. The van der Waals surface area contributed by atoms with Gasteiger partial charge in [-0.05, 0) is 70.1 Å². The van der Waals surface area contributed by atoms with E-state index in [1.54, 1.807) is 0 Å². The van der Waals surface area contributed by atoms with Gasteiger partial charge in [0.25, 0.3) is 0 Å². The number of unbranched alkanes of at least 4 members (excludes halogenated alkanes) is 1. The normalized spacial score (nSPS) is 16.0. The van der Waals surface area contributed by atoms with Gasteiger partial charge in [-0.25, -0.2) is 0 Å². The zero-order valence-electron chi connectivity index (χ0n) is 14.8. The van der Waals surface area contributed by atoms with Gasteiger partial charge in [0.2, 0.25) is 0 Å². The van der Waals surface area contributed by atoms with Gasteiger partial charge in [-0.15, -0.1) is 11.3 Å². The zero-order chi connectivity index (χ0) is 16.3. The lowest BCUT2D eigenvalue weighted by atomic mass is 10.3. The molecule has 0 saturated carbocycles. The van der Waals surface area contributed by atoms with E-state index in [9.17, 15) is 0 Å². The number of likely N-dealkylation sites (N-methyl/N-ethyl adjacent to an activating group) is 1. The topological polar surface area (TPSA) is 30.9 Å². The van der Waals surface area contributed by atoms with Crippen LogP contribution in [0.25, 0.3) is 0 Å². The molecule has 1 fully saturated rings. The molecule has 0 bridgehead atoms. The van der Waals surface area contributed by atoms with Crippen LogP contribution in [0, 0.1) is 0 Å². The lowest BCUT2D eigenvalue weighted by molar-refractivity contribution is 0.331. The van der Waals surface area contributed by atoms with Crippen molar-refractivity contribution in [2.45, 2.75) is 39.0 Å². The Balaban J connectivity index is 1.67. The molecule has 0 spiro atoms. The van der Waals surface area contributed by atoms with Gasteiger partial charge in [-0.3, -0.25) is 4.99 Å². The molecule has 0 radical (unpaired) electrons. The molecule has 130 valence electrons. The molecule has 1 N–H and O–H groups in total. The molecular formula is C18H32N4S. The largest absolute Gasteiger partial charge is 0.357 e. The van der Waals surface area contributed by atoms with Crippen LogP contribution in [0.1, 0.15) is 37.5 Å².